The zero-order chi connectivity index (χ0) is 14.9. The minimum absolute atomic E-state index is 0.233. The monoisotopic (exact) mass is 307 g/mol. The quantitative estimate of drug-likeness (QED) is 0.927. The van der Waals surface area contributed by atoms with E-state index in [2.05, 4.69) is 42.2 Å². The van der Waals surface area contributed by atoms with Crippen molar-refractivity contribution in [3.63, 3.8) is 0 Å². The lowest BCUT2D eigenvalue weighted by atomic mass is 9.88. The summed E-state index contributed by atoms with van der Waals surface area (Å²) in [6.45, 7) is 11.6. The Morgan fingerprint density at radius 2 is 2.05 bits per heavy atom. The summed E-state index contributed by atoms with van der Waals surface area (Å²) < 4.78 is 0. The van der Waals surface area contributed by atoms with E-state index in [-0.39, 0.29) is 5.41 Å². The van der Waals surface area contributed by atoms with E-state index < -0.39 is 0 Å². The standard InChI is InChI=1S/C17H29N3S/c1-17(2,3)15-11-19-16(21-15)12-20-9-6-13(7-10-20)14-5-4-8-18-14/h11,13-14,18H,4-10,12H2,1-3H3. The summed E-state index contributed by atoms with van der Waals surface area (Å²) in [4.78, 5) is 8.64. The van der Waals surface area contributed by atoms with Gasteiger partial charge in [0.15, 0.2) is 0 Å². The van der Waals surface area contributed by atoms with E-state index in [1.807, 2.05) is 11.3 Å². The van der Waals surface area contributed by atoms with Crippen molar-refractivity contribution in [2.24, 2.45) is 5.92 Å². The van der Waals surface area contributed by atoms with Gasteiger partial charge in [-0.25, -0.2) is 4.98 Å². The Labute approximate surface area is 133 Å². The van der Waals surface area contributed by atoms with E-state index in [1.165, 1.54) is 55.2 Å². The van der Waals surface area contributed by atoms with Crippen molar-refractivity contribution < 1.29 is 0 Å². The molecule has 0 saturated carbocycles. The molecule has 1 aromatic heterocycles. The molecular formula is C17H29N3S. The maximum absolute atomic E-state index is 4.64. The second-order valence-electron chi connectivity index (χ2n) is 7.68. The highest BCUT2D eigenvalue weighted by Crippen LogP contribution is 2.30. The number of nitrogens with one attached hydrogen (secondary N) is 1. The van der Waals surface area contributed by atoms with Gasteiger partial charge in [-0.1, -0.05) is 20.8 Å². The Morgan fingerprint density at radius 1 is 1.29 bits per heavy atom. The van der Waals surface area contributed by atoms with Gasteiger partial charge in [0.25, 0.3) is 0 Å². The van der Waals surface area contributed by atoms with E-state index in [4.69, 9.17) is 0 Å². The van der Waals surface area contributed by atoms with Gasteiger partial charge in [-0.15, -0.1) is 11.3 Å². The number of likely N-dealkylation sites (tertiary alicyclic amines) is 1. The van der Waals surface area contributed by atoms with Crippen LogP contribution in [0.1, 0.15) is 56.3 Å². The van der Waals surface area contributed by atoms with Gasteiger partial charge in [0.05, 0.1) is 6.54 Å². The lowest BCUT2D eigenvalue weighted by Crippen LogP contribution is -2.40. The molecule has 0 aromatic carbocycles. The summed E-state index contributed by atoms with van der Waals surface area (Å²) in [5, 5.41) is 4.97. The molecule has 1 unspecified atom stereocenters. The number of hydrogen-bond acceptors (Lipinski definition) is 4. The minimum Gasteiger partial charge on any atom is -0.314 e. The second kappa shape index (κ2) is 6.35. The smallest absolute Gasteiger partial charge is 0.107 e. The first kappa shape index (κ1) is 15.4. The molecule has 0 aliphatic carbocycles. The lowest BCUT2D eigenvalue weighted by molar-refractivity contribution is 0.157. The number of rotatable bonds is 3. The molecule has 1 atom stereocenters. The molecule has 118 valence electrons. The zero-order valence-electron chi connectivity index (χ0n) is 13.7. The van der Waals surface area contributed by atoms with Crippen LogP contribution >= 0.6 is 11.3 Å². The first-order valence-corrected chi connectivity index (χ1v) is 9.25. The Kier molecular flexibility index (Phi) is 4.67. The van der Waals surface area contributed by atoms with Gasteiger partial charge >= 0.3 is 0 Å². The maximum atomic E-state index is 4.64. The van der Waals surface area contributed by atoms with E-state index in [0.717, 1.165) is 18.5 Å². The van der Waals surface area contributed by atoms with Crippen LogP contribution in [-0.4, -0.2) is 35.6 Å². The average Bonchev–Trinajstić information content (AvgIpc) is 3.09. The summed E-state index contributed by atoms with van der Waals surface area (Å²) in [5.41, 5.74) is 0.233. The molecule has 0 bridgehead atoms. The van der Waals surface area contributed by atoms with Crippen LogP contribution in [0, 0.1) is 5.92 Å². The highest BCUT2D eigenvalue weighted by atomic mass is 32.1. The molecule has 2 saturated heterocycles. The predicted octanol–water partition coefficient (Wildman–Crippen LogP) is 3.40. The highest BCUT2D eigenvalue weighted by molar-refractivity contribution is 7.11. The zero-order valence-corrected chi connectivity index (χ0v) is 14.5. The van der Waals surface area contributed by atoms with Crippen LogP contribution in [0.5, 0.6) is 0 Å². The molecule has 4 heteroatoms. The summed E-state index contributed by atoms with van der Waals surface area (Å²) in [6.07, 6.45) is 7.56. The van der Waals surface area contributed by atoms with Gasteiger partial charge in [0.1, 0.15) is 5.01 Å². The molecule has 0 radical (unpaired) electrons. The van der Waals surface area contributed by atoms with Crippen LogP contribution in [0.15, 0.2) is 6.20 Å². The summed E-state index contributed by atoms with van der Waals surface area (Å²) >= 11 is 1.89. The third kappa shape index (κ3) is 3.85. The Balaban J connectivity index is 1.50. The number of aromatic nitrogens is 1. The second-order valence-corrected chi connectivity index (χ2v) is 8.80. The van der Waals surface area contributed by atoms with Crippen LogP contribution in [0.3, 0.4) is 0 Å². The van der Waals surface area contributed by atoms with Crippen LogP contribution in [-0.2, 0) is 12.0 Å². The fourth-order valence-electron chi connectivity index (χ4n) is 3.55. The maximum Gasteiger partial charge on any atom is 0.107 e. The molecule has 2 aliphatic rings. The molecule has 2 fully saturated rings. The van der Waals surface area contributed by atoms with Gasteiger partial charge in [0, 0.05) is 17.1 Å². The molecule has 2 aliphatic heterocycles. The Bertz CT molecular complexity index is 449. The normalized spacial score (nSPS) is 25.6. The van der Waals surface area contributed by atoms with Crippen LogP contribution in [0.25, 0.3) is 0 Å². The predicted molar refractivity (Wildman–Crippen MR) is 89.8 cm³/mol. The van der Waals surface area contributed by atoms with Gasteiger partial charge in [-0.2, -0.15) is 0 Å². The number of nitrogens with zero attached hydrogens (tertiary/aromatic N) is 2. The number of thiazole rings is 1. The number of hydrogen-bond donors (Lipinski definition) is 1. The van der Waals surface area contributed by atoms with Crippen molar-refractivity contribution in [3.8, 4) is 0 Å². The first-order chi connectivity index (χ1) is 10.0. The van der Waals surface area contributed by atoms with Crippen molar-refractivity contribution in [1.82, 2.24) is 15.2 Å². The summed E-state index contributed by atoms with van der Waals surface area (Å²) in [5.74, 6) is 0.908. The van der Waals surface area contributed by atoms with E-state index in [0.29, 0.717) is 0 Å². The molecule has 3 nitrogen and oxygen atoms in total. The fraction of sp³-hybridized carbons (Fsp3) is 0.824. The van der Waals surface area contributed by atoms with Gasteiger partial charge in [-0.05, 0) is 56.7 Å². The molecule has 0 amide bonds. The molecular weight excluding hydrogens is 278 g/mol. The highest BCUT2D eigenvalue weighted by Gasteiger charge is 2.28. The third-order valence-corrected chi connectivity index (χ3v) is 6.36. The SMILES string of the molecule is CC(C)(C)c1cnc(CN2CCC(C3CCCN3)CC2)s1. The molecule has 3 heterocycles. The largest absolute Gasteiger partial charge is 0.314 e. The third-order valence-electron chi connectivity index (χ3n) is 4.95. The van der Waals surface area contributed by atoms with Crippen LogP contribution in [0.2, 0.25) is 0 Å². The first-order valence-electron chi connectivity index (χ1n) is 8.43. The summed E-state index contributed by atoms with van der Waals surface area (Å²) in [7, 11) is 0. The van der Waals surface area contributed by atoms with Gasteiger partial charge < -0.3 is 5.32 Å². The topological polar surface area (TPSA) is 28.2 Å². The average molecular weight is 308 g/mol. The van der Waals surface area contributed by atoms with Crippen molar-refractivity contribution in [1.29, 1.82) is 0 Å². The van der Waals surface area contributed by atoms with Crippen molar-refractivity contribution >= 4 is 11.3 Å². The Hall–Kier alpha value is -0.450. The van der Waals surface area contributed by atoms with Crippen molar-refractivity contribution in [2.45, 2.75) is 64.5 Å². The lowest BCUT2D eigenvalue weighted by Gasteiger charge is -2.34. The molecule has 1 aromatic rings. The van der Waals surface area contributed by atoms with Crippen LogP contribution < -0.4 is 5.32 Å². The van der Waals surface area contributed by atoms with Gasteiger partial charge in [0.2, 0.25) is 0 Å². The van der Waals surface area contributed by atoms with Crippen molar-refractivity contribution in [3.05, 3.63) is 16.1 Å². The summed E-state index contributed by atoms with van der Waals surface area (Å²) in [6, 6.07) is 0.805. The van der Waals surface area contributed by atoms with Gasteiger partial charge in [-0.3, -0.25) is 4.90 Å². The van der Waals surface area contributed by atoms with E-state index in [9.17, 15) is 0 Å². The number of piperidine rings is 1. The van der Waals surface area contributed by atoms with E-state index >= 15 is 0 Å². The molecule has 3 rings (SSSR count). The minimum atomic E-state index is 0.233. The van der Waals surface area contributed by atoms with E-state index in [1.54, 1.807) is 0 Å². The fourth-order valence-corrected chi connectivity index (χ4v) is 4.57. The van der Waals surface area contributed by atoms with Crippen LogP contribution in [0.4, 0.5) is 0 Å². The Morgan fingerprint density at radius 3 is 2.62 bits per heavy atom. The molecule has 0 spiro atoms. The molecule has 21 heavy (non-hydrogen) atoms. The van der Waals surface area contributed by atoms with Crippen molar-refractivity contribution in [2.75, 3.05) is 19.6 Å². The molecule has 1 N–H and O–H groups in total.